The van der Waals surface area contributed by atoms with Gasteiger partial charge in [-0.3, -0.25) is 0 Å². The molecule has 0 amide bonds. The van der Waals surface area contributed by atoms with Crippen molar-refractivity contribution in [1.82, 2.24) is 5.32 Å². The van der Waals surface area contributed by atoms with E-state index >= 15 is 0 Å². The van der Waals surface area contributed by atoms with Crippen LogP contribution in [-0.4, -0.2) is 12.4 Å². The molecule has 0 aliphatic heterocycles. The molecule has 5 heavy (non-hydrogen) atoms. The Labute approximate surface area is 38.2 Å². The molecule has 2 heteroatoms. The summed E-state index contributed by atoms with van der Waals surface area (Å²) in [4.78, 5) is 0. The second-order valence-electron chi connectivity index (χ2n) is 0.804. The van der Waals surface area contributed by atoms with Crippen molar-refractivity contribution in [2.75, 3.05) is 7.05 Å². The molecule has 0 aromatic carbocycles. The Bertz CT molecular complexity index is 20.9. The molecule has 1 radical (unpaired) electrons. The minimum Gasteiger partial charge on any atom is -0.309 e. The Morgan fingerprint density at radius 3 is 2.20 bits per heavy atom. The summed E-state index contributed by atoms with van der Waals surface area (Å²) in [6.07, 6.45) is 0. The molecule has 0 aliphatic carbocycles. The Morgan fingerprint density at radius 2 is 2.20 bits per heavy atom. The van der Waals surface area contributed by atoms with Crippen LogP contribution in [0.5, 0.6) is 0 Å². The third-order valence-corrected chi connectivity index (χ3v) is 0.591. The van der Waals surface area contributed by atoms with Gasteiger partial charge in [-0.05, 0) is 14.0 Å². The van der Waals surface area contributed by atoms with E-state index in [4.69, 9.17) is 0 Å². The maximum atomic E-state index is 3.88. The SMILES string of the molecule is [CH2]C(S)NC. The van der Waals surface area contributed by atoms with Crippen molar-refractivity contribution in [1.29, 1.82) is 0 Å². The van der Waals surface area contributed by atoms with Gasteiger partial charge in [0.05, 0.1) is 5.37 Å². The van der Waals surface area contributed by atoms with E-state index in [1.54, 1.807) is 0 Å². The lowest BCUT2D eigenvalue weighted by Gasteiger charge is -1.94. The van der Waals surface area contributed by atoms with Crippen LogP contribution in [0.25, 0.3) is 0 Å². The van der Waals surface area contributed by atoms with E-state index in [1.807, 2.05) is 7.05 Å². The van der Waals surface area contributed by atoms with Crippen LogP contribution in [0.4, 0.5) is 0 Å². The van der Waals surface area contributed by atoms with Crippen LogP contribution >= 0.6 is 12.6 Å². The van der Waals surface area contributed by atoms with Gasteiger partial charge in [-0.25, -0.2) is 0 Å². The molecule has 0 aliphatic rings. The second-order valence-corrected chi connectivity index (χ2v) is 1.43. The second kappa shape index (κ2) is 2.54. The van der Waals surface area contributed by atoms with Gasteiger partial charge in [0.2, 0.25) is 0 Å². The van der Waals surface area contributed by atoms with Crippen LogP contribution in [0.2, 0.25) is 0 Å². The first-order chi connectivity index (χ1) is 2.27. The highest BCUT2D eigenvalue weighted by Crippen LogP contribution is 1.78. The number of thiol groups is 1. The Morgan fingerprint density at radius 1 is 2.00 bits per heavy atom. The standard InChI is InChI=1S/C3H8NS/c1-3(5)4-2/h3-5H,1H2,2H3. The zero-order valence-electron chi connectivity index (χ0n) is 3.23. The Kier molecular flexibility index (Phi) is 2.70. The molecule has 1 N–H and O–H groups in total. The summed E-state index contributed by atoms with van der Waals surface area (Å²) in [6.45, 7) is 3.51. The molecule has 1 atom stereocenters. The molecule has 0 saturated heterocycles. The quantitative estimate of drug-likeness (QED) is 0.348. The largest absolute Gasteiger partial charge is 0.309 e. The smallest absolute Gasteiger partial charge is 0.0500 e. The Hall–Kier alpha value is 0.310. The molecule has 0 spiro atoms. The molecule has 0 aromatic rings. The van der Waals surface area contributed by atoms with Crippen LogP contribution in [0, 0.1) is 6.92 Å². The van der Waals surface area contributed by atoms with Gasteiger partial charge in [0.15, 0.2) is 0 Å². The average molecular weight is 90.2 g/mol. The fourth-order valence-electron chi connectivity index (χ4n) is 0. The zero-order valence-corrected chi connectivity index (χ0v) is 4.13. The minimum atomic E-state index is 0.0787. The Balaban J connectivity index is 2.54. The average Bonchev–Trinajstić information content (AvgIpc) is 1.38. The van der Waals surface area contributed by atoms with Crippen molar-refractivity contribution in [2.24, 2.45) is 0 Å². The van der Waals surface area contributed by atoms with Crippen molar-refractivity contribution >= 4 is 12.6 Å². The van der Waals surface area contributed by atoms with Crippen LogP contribution in [-0.2, 0) is 0 Å². The highest BCUT2D eigenvalue weighted by Gasteiger charge is 1.78. The monoisotopic (exact) mass is 90.0 g/mol. The summed E-state index contributed by atoms with van der Waals surface area (Å²) in [7, 11) is 1.81. The number of rotatable bonds is 1. The first-order valence-electron chi connectivity index (χ1n) is 1.46. The van der Waals surface area contributed by atoms with Gasteiger partial charge in [-0.2, -0.15) is 12.6 Å². The third kappa shape index (κ3) is 4.31. The topological polar surface area (TPSA) is 12.0 Å². The predicted molar refractivity (Wildman–Crippen MR) is 27.2 cm³/mol. The normalized spacial score (nSPS) is 15.0. The lowest BCUT2D eigenvalue weighted by atomic mass is 10.8. The maximum Gasteiger partial charge on any atom is 0.0500 e. The molecule has 1 nitrogen and oxygen atoms in total. The van der Waals surface area contributed by atoms with Crippen molar-refractivity contribution in [2.45, 2.75) is 5.37 Å². The molecule has 0 bridgehead atoms. The van der Waals surface area contributed by atoms with E-state index in [1.165, 1.54) is 0 Å². The summed E-state index contributed by atoms with van der Waals surface area (Å²) < 4.78 is 0. The maximum absolute atomic E-state index is 3.88. The number of hydrogen-bond acceptors (Lipinski definition) is 2. The van der Waals surface area contributed by atoms with Gasteiger partial charge in [-0.1, -0.05) is 0 Å². The summed E-state index contributed by atoms with van der Waals surface area (Å²) in [5.74, 6) is 0. The molecular formula is C3H8NS. The van der Waals surface area contributed by atoms with Gasteiger partial charge >= 0.3 is 0 Å². The van der Waals surface area contributed by atoms with E-state index < -0.39 is 0 Å². The van der Waals surface area contributed by atoms with E-state index in [-0.39, 0.29) is 5.37 Å². The predicted octanol–water partition coefficient (Wildman–Crippen LogP) is 0.296. The highest BCUT2D eigenvalue weighted by molar-refractivity contribution is 7.81. The van der Waals surface area contributed by atoms with Gasteiger partial charge in [0, 0.05) is 0 Å². The van der Waals surface area contributed by atoms with Gasteiger partial charge in [0.25, 0.3) is 0 Å². The van der Waals surface area contributed by atoms with E-state index in [2.05, 4.69) is 24.9 Å². The van der Waals surface area contributed by atoms with Crippen molar-refractivity contribution in [3.05, 3.63) is 6.92 Å². The molecule has 31 valence electrons. The first-order valence-corrected chi connectivity index (χ1v) is 1.97. The summed E-state index contributed by atoms with van der Waals surface area (Å²) >= 11 is 3.88. The van der Waals surface area contributed by atoms with Gasteiger partial charge < -0.3 is 5.32 Å². The van der Waals surface area contributed by atoms with E-state index in [0.717, 1.165) is 0 Å². The first kappa shape index (κ1) is 5.31. The third-order valence-electron chi connectivity index (χ3n) is 0.333. The lowest BCUT2D eigenvalue weighted by molar-refractivity contribution is 0.869. The highest BCUT2D eigenvalue weighted by atomic mass is 32.1. The van der Waals surface area contributed by atoms with E-state index in [9.17, 15) is 0 Å². The van der Waals surface area contributed by atoms with Gasteiger partial charge in [-0.15, -0.1) is 0 Å². The van der Waals surface area contributed by atoms with Crippen LogP contribution in [0.1, 0.15) is 0 Å². The van der Waals surface area contributed by atoms with E-state index in [0.29, 0.717) is 0 Å². The molecule has 0 fully saturated rings. The molecule has 0 saturated carbocycles. The lowest BCUT2D eigenvalue weighted by Crippen LogP contribution is -2.13. The summed E-state index contributed by atoms with van der Waals surface area (Å²) in [6, 6.07) is 0. The molecular weight excluding hydrogens is 82.1 g/mol. The zero-order chi connectivity index (χ0) is 4.28. The van der Waals surface area contributed by atoms with Crippen LogP contribution in [0.15, 0.2) is 0 Å². The van der Waals surface area contributed by atoms with Gasteiger partial charge in [0.1, 0.15) is 0 Å². The van der Waals surface area contributed by atoms with Crippen molar-refractivity contribution in [3.63, 3.8) is 0 Å². The molecule has 0 aromatic heterocycles. The molecule has 0 heterocycles. The van der Waals surface area contributed by atoms with Crippen LogP contribution in [0.3, 0.4) is 0 Å². The van der Waals surface area contributed by atoms with Crippen molar-refractivity contribution in [3.8, 4) is 0 Å². The molecule has 1 unspecified atom stereocenters. The fraction of sp³-hybridized carbons (Fsp3) is 0.667. The minimum absolute atomic E-state index is 0.0787. The van der Waals surface area contributed by atoms with Crippen molar-refractivity contribution < 1.29 is 0 Å². The molecule has 0 rings (SSSR count). The summed E-state index contributed by atoms with van der Waals surface area (Å²) in [5.41, 5.74) is 0. The van der Waals surface area contributed by atoms with Crippen LogP contribution < -0.4 is 5.32 Å². The number of nitrogens with one attached hydrogen (secondary N) is 1. The fourth-order valence-corrected chi connectivity index (χ4v) is 0. The number of hydrogen-bond donors (Lipinski definition) is 2. The summed E-state index contributed by atoms with van der Waals surface area (Å²) in [5, 5.41) is 2.86.